The molecule has 0 saturated carbocycles. The number of aromatic nitrogens is 3. The average molecular weight is 342 g/mol. The van der Waals surface area contributed by atoms with E-state index in [1.807, 2.05) is 24.3 Å². The van der Waals surface area contributed by atoms with Gasteiger partial charge < -0.3 is 9.64 Å². The van der Waals surface area contributed by atoms with E-state index in [0.29, 0.717) is 0 Å². The average Bonchev–Trinajstić information content (AvgIpc) is 3.06. The Morgan fingerprint density at radius 1 is 1.33 bits per heavy atom. The summed E-state index contributed by atoms with van der Waals surface area (Å²) in [4.78, 5) is 17.1. The molecule has 0 fully saturated rings. The predicted octanol–water partition coefficient (Wildman–Crippen LogP) is 2.37. The van der Waals surface area contributed by atoms with Crippen molar-refractivity contribution in [3.8, 4) is 5.69 Å². The molecule has 0 bridgehead atoms. The fourth-order valence-electron chi connectivity index (χ4n) is 2.04. The van der Waals surface area contributed by atoms with Gasteiger partial charge in [0.05, 0.1) is 11.7 Å². The lowest BCUT2D eigenvalue weighted by Crippen LogP contribution is -2.34. The highest BCUT2D eigenvalue weighted by atomic mass is 19.4. The topological polar surface area (TPSA) is 60.2 Å². The lowest BCUT2D eigenvalue weighted by Gasteiger charge is -2.25. The summed E-state index contributed by atoms with van der Waals surface area (Å²) in [5.74, 6) is -0.521. The normalized spacial score (nSPS) is 12.9. The largest absolute Gasteiger partial charge is 0.411 e. The van der Waals surface area contributed by atoms with Crippen LogP contribution in [0.15, 0.2) is 36.9 Å². The van der Waals surface area contributed by atoms with Gasteiger partial charge in [-0.25, -0.2) is 9.67 Å². The van der Waals surface area contributed by atoms with Crippen LogP contribution in [0.1, 0.15) is 18.5 Å². The second-order valence-corrected chi connectivity index (χ2v) is 5.22. The molecule has 1 aromatic heterocycles. The van der Waals surface area contributed by atoms with Crippen molar-refractivity contribution >= 4 is 5.91 Å². The third kappa shape index (κ3) is 4.79. The van der Waals surface area contributed by atoms with E-state index in [2.05, 4.69) is 14.8 Å². The number of benzene rings is 1. The van der Waals surface area contributed by atoms with Gasteiger partial charge in [0.25, 0.3) is 0 Å². The first-order chi connectivity index (χ1) is 11.3. The fourth-order valence-corrected chi connectivity index (χ4v) is 2.04. The Balaban J connectivity index is 1.94. The second kappa shape index (κ2) is 7.43. The molecule has 2 aromatic rings. The summed E-state index contributed by atoms with van der Waals surface area (Å²) in [6, 6.07) is 6.97. The summed E-state index contributed by atoms with van der Waals surface area (Å²) in [6.07, 6.45) is -1.46. The molecule has 0 spiro atoms. The molecule has 1 aromatic carbocycles. The third-order valence-electron chi connectivity index (χ3n) is 3.52. The van der Waals surface area contributed by atoms with Crippen LogP contribution in [-0.4, -0.2) is 52.0 Å². The molecular formula is C15H17F3N4O2. The van der Waals surface area contributed by atoms with Crippen LogP contribution in [0, 0.1) is 0 Å². The maximum absolute atomic E-state index is 12.0. The van der Waals surface area contributed by atoms with Crippen molar-refractivity contribution in [2.24, 2.45) is 0 Å². The smallest absolute Gasteiger partial charge is 0.362 e. The van der Waals surface area contributed by atoms with Crippen LogP contribution in [0.4, 0.5) is 13.2 Å². The van der Waals surface area contributed by atoms with Crippen molar-refractivity contribution < 1.29 is 22.7 Å². The number of hydrogen-bond donors (Lipinski definition) is 0. The quantitative estimate of drug-likeness (QED) is 0.809. The van der Waals surface area contributed by atoms with E-state index in [1.54, 1.807) is 17.9 Å². The predicted molar refractivity (Wildman–Crippen MR) is 79.4 cm³/mol. The molecule has 2 rings (SSSR count). The monoisotopic (exact) mass is 342 g/mol. The van der Waals surface area contributed by atoms with Gasteiger partial charge in [-0.1, -0.05) is 12.1 Å². The lowest BCUT2D eigenvalue weighted by atomic mass is 10.1. The van der Waals surface area contributed by atoms with Crippen molar-refractivity contribution in [1.82, 2.24) is 19.7 Å². The molecule has 0 N–H and O–H groups in total. The minimum absolute atomic E-state index is 0.309. The molecule has 1 atom stereocenters. The van der Waals surface area contributed by atoms with Crippen LogP contribution in [-0.2, 0) is 9.53 Å². The maximum Gasteiger partial charge on any atom is 0.411 e. The van der Waals surface area contributed by atoms with Gasteiger partial charge in [0.15, 0.2) is 0 Å². The first kappa shape index (κ1) is 17.9. The zero-order chi connectivity index (χ0) is 17.7. The van der Waals surface area contributed by atoms with Crippen LogP contribution in [0.25, 0.3) is 5.69 Å². The van der Waals surface area contributed by atoms with Gasteiger partial charge in [-0.05, 0) is 24.6 Å². The fraction of sp³-hybridized carbons (Fsp3) is 0.400. The molecule has 1 amide bonds. The van der Waals surface area contributed by atoms with Gasteiger partial charge in [0.2, 0.25) is 5.91 Å². The molecule has 0 saturated heterocycles. The van der Waals surface area contributed by atoms with Crippen LogP contribution in [0.3, 0.4) is 0 Å². The Bertz CT molecular complexity index is 656. The molecule has 6 nitrogen and oxygen atoms in total. The maximum atomic E-state index is 12.0. The number of alkyl halides is 3. The SMILES string of the molecule is CC(c1ccc(-n2cncn2)cc1)N(C)C(=O)COCC(F)(F)F. The highest BCUT2D eigenvalue weighted by molar-refractivity contribution is 5.77. The molecule has 0 aliphatic rings. The summed E-state index contributed by atoms with van der Waals surface area (Å²) in [5.41, 5.74) is 1.65. The molecule has 24 heavy (non-hydrogen) atoms. The van der Waals surface area contributed by atoms with Crippen molar-refractivity contribution in [2.75, 3.05) is 20.3 Å². The van der Waals surface area contributed by atoms with Crippen LogP contribution in [0.2, 0.25) is 0 Å². The number of carbonyl (C=O) groups is 1. The Labute approximate surface area is 136 Å². The molecule has 0 radical (unpaired) electrons. The van der Waals surface area contributed by atoms with E-state index in [-0.39, 0.29) is 6.04 Å². The molecular weight excluding hydrogens is 325 g/mol. The molecule has 1 unspecified atom stereocenters. The van der Waals surface area contributed by atoms with Gasteiger partial charge in [0.1, 0.15) is 25.9 Å². The zero-order valence-corrected chi connectivity index (χ0v) is 13.2. The Hall–Kier alpha value is -2.42. The van der Waals surface area contributed by atoms with E-state index in [1.165, 1.54) is 18.3 Å². The number of amides is 1. The van der Waals surface area contributed by atoms with E-state index in [4.69, 9.17) is 0 Å². The van der Waals surface area contributed by atoms with Crippen molar-refractivity contribution in [2.45, 2.75) is 19.1 Å². The van der Waals surface area contributed by atoms with Crippen molar-refractivity contribution in [1.29, 1.82) is 0 Å². The first-order valence-corrected chi connectivity index (χ1v) is 7.13. The van der Waals surface area contributed by atoms with E-state index in [9.17, 15) is 18.0 Å². The third-order valence-corrected chi connectivity index (χ3v) is 3.52. The van der Waals surface area contributed by atoms with Gasteiger partial charge in [0, 0.05) is 7.05 Å². The van der Waals surface area contributed by atoms with Gasteiger partial charge >= 0.3 is 6.18 Å². The van der Waals surface area contributed by atoms with Crippen LogP contribution >= 0.6 is 0 Å². The standard InChI is InChI=1S/C15H17F3N4O2/c1-11(21(2)14(23)7-24-8-15(16,17)18)12-3-5-13(6-4-12)22-10-19-9-20-22/h3-6,9-11H,7-8H2,1-2H3. The minimum atomic E-state index is -4.44. The first-order valence-electron chi connectivity index (χ1n) is 7.13. The van der Waals surface area contributed by atoms with Gasteiger partial charge in [-0.2, -0.15) is 18.3 Å². The number of hydrogen-bond acceptors (Lipinski definition) is 4. The second-order valence-electron chi connectivity index (χ2n) is 5.22. The number of nitrogens with zero attached hydrogens (tertiary/aromatic N) is 4. The molecule has 0 aliphatic carbocycles. The number of rotatable bonds is 6. The van der Waals surface area contributed by atoms with E-state index >= 15 is 0 Å². The Morgan fingerprint density at radius 2 is 2.00 bits per heavy atom. The number of halogens is 3. The minimum Gasteiger partial charge on any atom is -0.362 e. The van der Waals surface area contributed by atoms with Crippen molar-refractivity contribution in [3.05, 3.63) is 42.5 Å². The lowest BCUT2D eigenvalue weighted by molar-refractivity contribution is -0.178. The van der Waals surface area contributed by atoms with E-state index in [0.717, 1.165) is 11.3 Å². The van der Waals surface area contributed by atoms with Crippen LogP contribution in [0.5, 0.6) is 0 Å². The van der Waals surface area contributed by atoms with Crippen molar-refractivity contribution in [3.63, 3.8) is 0 Å². The van der Waals surface area contributed by atoms with Gasteiger partial charge in [-0.3, -0.25) is 4.79 Å². The van der Waals surface area contributed by atoms with Crippen LogP contribution < -0.4 is 0 Å². The Kier molecular flexibility index (Phi) is 5.55. The highest BCUT2D eigenvalue weighted by Gasteiger charge is 2.28. The zero-order valence-electron chi connectivity index (χ0n) is 13.2. The molecule has 1 heterocycles. The summed E-state index contributed by atoms with van der Waals surface area (Å²) >= 11 is 0. The number of carbonyl (C=O) groups excluding carboxylic acids is 1. The molecule has 0 aliphatic heterocycles. The summed E-state index contributed by atoms with van der Waals surface area (Å²) in [6.45, 7) is -0.267. The Morgan fingerprint density at radius 3 is 2.54 bits per heavy atom. The summed E-state index contributed by atoms with van der Waals surface area (Å²) in [7, 11) is 1.52. The molecule has 130 valence electrons. The number of likely N-dealkylation sites (N-methyl/N-ethyl adjacent to an activating group) is 1. The number of ether oxygens (including phenoxy) is 1. The highest BCUT2D eigenvalue weighted by Crippen LogP contribution is 2.21. The molecule has 9 heteroatoms. The summed E-state index contributed by atoms with van der Waals surface area (Å²) < 4.78 is 42.1. The van der Waals surface area contributed by atoms with E-state index < -0.39 is 25.3 Å². The summed E-state index contributed by atoms with van der Waals surface area (Å²) in [5, 5.41) is 4.01. The van der Waals surface area contributed by atoms with Gasteiger partial charge in [-0.15, -0.1) is 0 Å².